The maximum absolute atomic E-state index is 13.8. The van der Waals surface area contributed by atoms with Crippen LogP contribution in [0.1, 0.15) is 32.9 Å². The molecule has 1 aromatic heterocycles. The van der Waals surface area contributed by atoms with E-state index < -0.39 is 0 Å². The van der Waals surface area contributed by atoms with Gasteiger partial charge in [0, 0.05) is 69.5 Å². The maximum Gasteiger partial charge on any atom is 0.226 e. The van der Waals surface area contributed by atoms with E-state index in [1.54, 1.807) is 12.3 Å². The Kier molecular flexibility index (Phi) is 7.56. The standard InChI is InChI=1S/C24H33FN4O/c1-4-23(30)29(20-9-6-5-7-10-20)19-24(2,3)28-17-15-27(16-18-28)14-12-22-21(25)11-8-13-26-22/h5-11,13H,4,12,14-19H2,1-3H3. The van der Waals surface area contributed by atoms with Crippen molar-refractivity contribution in [2.45, 2.75) is 39.2 Å². The molecule has 0 unspecified atom stereocenters. The number of para-hydroxylation sites is 1. The first-order chi connectivity index (χ1) is 14.4. The van der Waals surface area contributed by atoms with E-state index in [1.807, 2.05) is 42.2 Å². The van der Waals surface area contributed by atoms with Gasteiger partial charge >= 0.3 is 0 Å². The van der Waals surface area contributed by atoms with Crippen molar-refractivity contribution in [1.29, 1.82) is 0 Å². The molecule has 1 saturated heterocycles. The molecule has 1 aromatic carbocycles. The first-order valence-electron chi connectivity index (χ1n) is 10.8. The van der Waals surface area contributed by atoms with Gasteiger partial charge in [-0.3, -0.25) is 14.7 Å². The summed E-state index contributed by atoms with van der Waals surface area (Å²) in [5.74, 6) is -0.0795. The molecular formula is C24H33FN4O. The van der Waals surface area contributed by atoms with Gasteiger partial charge in [0.1, 0.15) is 5.82 Å². The molecule has 162 valence electrons. The first-order valence-corrected chi connectivity index (χ1v) is 10.8. The number of nitrogens with zero attached hydrogens (tertiary/aromatic N) is 4. The van der Waals surface area contributed by atoms with E-state index in [4.69, 9.17) is 0 Å². The molecule has 0 bridgehead atoms. The van der Waals surface area contributed by atoms with Crippen LogP contribution in [-0.2, 0) is 11.2 Å². The van der Waals surface area contributed by atoms with Crippen LogP contribution in [0.25, 0.3) is 0 Å². The number of amides is 1. The zero-order valence-electron chi connectivity index (χ0n) is 18.4. The lowest BCUT2D eigenvalue weighted by molar-refractivity contribution is -0.118. The third kappa shape index (κ3) is 5.64. The third-order valence-electron chi connectivity index (χ3n) is 5.94. The molecule has 0 atom stereocenters. The number of pyridine rings is 1. The van der Waals surface area contributed by atoms with Gasteiger partial charge in [-0.2, -0.15) is 0 Å². The van der Waals surface area contributed by atoms with Crippen LogP contribution in [-0.4, -0.2) is 65.5 Å². The molecule has 0 N–H and O–H groups in total. The third-order valence-corrected chi connectivity index (χ3v) is 5.94. The minimum Gasteiger partial charge on any atom is -0.311 e. The molecule has 0 saturated carbocycles. The molecule has 5 nitrogen and oxygen atoms in total. The van der Waals surface area contributed by atoms with Crippen LogP contribution in [0.2, 0.25) is 0 Å². The Hall–Kier alpha value is -2.31. The van der Waals surface area contributed by atoms with Gasteiger partial charge in [0.05, 0.1) is 5.69 Å². The summed E-state index contributed by atoms with van der Waals surface area (Å²) in [6.45, 7) is 11.5. The molecular weight excluding hydrogens is 379 g/mol. The smallest absolute Gasteiger partial charge is 0.226 e. The Morgan fingerprint density at radius 3 is 2.43 bits per heavy atom. The van der Waals surface area contributed by atoms with Gasteiger partial charge in [0.15, 0.2) is 0 Å². The van der Waals surface area contributed by atoms with Crippen molar-refractivity contribution in [1.82, 2.24) is 14.8 Å². The molecule has 30 heavy (non-hydrogen) atoms. The van der Waals surface area contributed by atoms with Crippen molar-refractivity contribution < 1.29 is 9.18 Å². The van der Waals surface area contributed by atoms with E-state index >= 15 is 0 Å². The van der Waals surface area contributed by atoms with E-state index in [1.165, 1.54) is 6.07 Å². The number of hydrogen-bond acceptors (Lipinski definition) is 4. The highest BCUT2D eigenvalue weighted by Gasteiger charge is 2.33. The van der Waals surface area contributed by atoms with E-state index in [0.29, 0.717) is 25.1 Å². The normalized spacial score (nSPS) is 15.9. The first kappa shape index (κ1) is 22.4. The lowest BCUT2D eigenvalue weighted by atomic mass is 9.99. The highest BCUT2D eigenvalue weighted by molar-refractivity contribution is 5.93. The number of aromatic nitrogens is 1. The second-order valence-electron chi connectivity index (χ2n) is 8.49. The largest absolute Gasteiger partial charge is 0.311 e. The molecule has 0 aliphatic carbocycles. The molecule has 2 aromatic rings. The Bertz CT molecular complexity index is 819. The molecule has 0 spiro atoms. The summed E-state index contributed by atoms with van der Waals surface area (Å²) in [5, 5.41) is 0. The van der Waals surface area contributed by atoms with E-state index in [0.717, 1.165) is 38.4 Å². The Morgan fingerprint density at radius 1 is 1.10 bits per heavy atom. The van der Waals surface area contributed by atoms with Crippen molar-refractivity contribution in [3.05, 3.63) is 60.2 Å². The zero-order chi connectivity index (χ0) is 21.6. The Morgan fingerprint density at radius 2 is 1.80 bits per heavy atom. The summed E-state index contributed by atoms with van der Waals surface area (Å²) in [4.78, 5) is 23.5. The van der Waals surface area contributed by atoms with Crippen molar-refractivity contribution >= 4 is 11.6 Å². The van der Waals surface area contributed by atoms with Crippen LogP contribution in [0, 0.1) is 5.82 Å². The van der Waals surface area contributed by atoms with Crippen LogP contribution < -0.4 is 4.90 Å². The topological polar surface area (TPSA) is 39.7 Å². The van der Waals surface area contributed by atoms with Gasteiger partial charge in [-0.1, -0.05) is 25.1 Å². The maximum atomic E-state index is 13.8. The Labute approximate surface area is 179 Å². The van der Waals surface area contributed by atoms with Crippen molar-refractivity contribution in [3.63, 3.8) is 0 Å². The van der Waals surface area contributed by atoms with E-state index in [2.05, 4.69) is 28.6 Å². The van der Waals surface area contributed by atoms with Gasteiger partial charge in [-0.15, -0.1) is 0 Å². The summed E-state index contributed by atoms with van der Waals surface area (Å²) < 4.78 is 13.8. The fraction of sp³-hybridized carbons (Fsp3) is 0.500. The number of benzene rings is 1. The number of carbonyl (C=O) groups excluding carboxylic acids is 1. The summed E-state index contributed by atoms with van der Waals surface area (Å²) in [6, 6.07) is 13.0. The minimum absolute atomic E-state index is 0.139. The average molecular weight is 413 g/mol. The number of rotatable bonds is 8. The number of piperazine rings is 1. The lowest BCUT2D eigenvalue weighted by Gasteiger charge is -2.46. The molecule has 1 aliphatic rings. The predicted molar refractivity (Wildman–Crippen MR) is 119 cm³/mol. The monoisotopic (exact) mass is 412 g/mol. The van der Waals surface area contributed by atoms with Gasteiger partial charge in [0.2, 0.25) is 5.91 Å². The van der Waals surface area contributed by atoms with Gasteiger partial charge in [-0.25, -0.2) is 4.39 Å². The molecule has 0 radical (unpaired) electrons. The highest BCUT2D eigenvalue weighted by atomic mass is 19.1. The van der Waals surface area contributed by atoms with Crippen molar-refractivity contribution in [3.8, 4) is 0 Å². The molecule has 3 rings (SSSR count). The number of halogens is 1. The number of carbonyl (C=O) groups is 1. The summed E-state index contributed by atoms with van der Waals surface area (Å²) in [7, 11) is 0. The predicted octanol–water partition coefficient (Wildman–Crippen LogP) is 3.60. The molecule has 1 amide bonds. The number of hydrogen-bond donors (Lipinski definition) is 0. The van der Waals surface area contributed by atoms with Crippen LogP contribution in [0.15, 0.2) is 48.7 Å². The quantitative estimate of drug-likeness (QED) is 0.664. The average Bonchev–Trinajstić information content (AvgIpc) is 2.77. The van der Waals surface area contributed by atoms with Crippen LogP contribution in [0.4, 0.5) is 10.1 Å². The second kappa shape index (κ2) is 10.1. The fourth-order valence-corrected chi connectivity index (χ4v) is 4.05. The molecule has 2 heterocycles. The van der Waals surface area contributed by atoms with Crippen LogP contribution in [0.5, 0.6) is 0 Å². The highest BCUT2D eigenvalue weighted by Crippen LogP contribution is 2.23. The molecule has 1 fully saturated rings. The summed E-state index contributed by atoms with van der Waals surface area (Å²) in [6.07, 6.45) is 2.76. The summed E-state index contributed by atoms with van der Waals surface area (Å²) >= 11 is 0. The molecule has 1 aliphatic heterocycles. The second-order valence-corrected chi connectivity index (χ2v) is 8.49. The van der Waals surface area contributed by atoms with Gasteiger partial charge in [-0.05, 0) is 38.1 Å². The number of anilines is 1. The van der Waals surface area contributed by atoms with Crippen molar-refractivity contribution in [2.75, 3.05) is 44.2 Å². The fourth-order valence-electron chi connectivity index (χ4n) is 4.05. The SMILES string of the molecule is CCC(=O)N(CC(C)(C)N1CCN(CCc2ncccc2F)CC1)c1ccccc1. The minimum atomic E-state index is -0.223. The lowest BCUT2D eigenvalue weighted by Crippen LogP contribution is -2.59. The van der Waals surface area contributed by atoms with Crippen LogP contribution in [0.3, 0.4) is 0 Å². The van der Waals surface area contributed by atoms with E-state index in [-0.39, 0.29) is 17.3 Å². The van der Waals surface area contributed by atoms with Gasteiger partial charge < -0.3 is 9.80 Å². The summed E-state index contributed by atoms with van der Waals surface area (Å²) in [5.41, 5.74) is 1.35. The van der Waals surface area contributed by atoms with Crippen molar-refractivity contribution in [2.24, 2.45) is 0 Å². The Balaban J connectivity index is 1.56. The zero-order valence-corrected chi connectivity index (χ0v) is 18.4. The van der Waals surface area contributed by atoms with Gasteiger partial charge in [0.25, 0.3) is 0 Å². The van der Waals surface area contributed by atoms with Crippen LogP contribution >= 0.6 is 0 Å². The van der Waals surface area contributed by atoms with E-state index in [9.17, 15) is 9.18 Å². The molecule has 6 heteroatoms.